The van der Waals surface area contributed by atoms with Gasteiger partial charge in [0.05, 0.1) is 0 Å². The molecule has 1 rings (SSSR count). The van der Waals surface area contributed by atoms with Gasteiger partial charge in [0, 0.05) is 30.9 Å². The topological polar surface area (TPSA) is 81.7 Å². The number of carbonyl (C=O) groups excluding carboxylic acids is 3. The van der Waals surface area contributed by atoms with E-state index in [-0.39, 0.29) is 12.4 Å². The molecule has 1 aromatic rings. The van der Waals surface area contributed by atoms with Crippen molar-refractivity contribution < 1.29 is 24.0 Å². The molecule has 0 aromatic heterocycles. The molecule has 0 fully saturated rings. The maximum atomic E-state index is 12.0. The van der Waals surface area contributed by atoms with Crippen LogP contribution in [0.1, 0.15) is 75.2 Å². The van der Waals surface area contributed by atoms with Gasteiger partial charge in [0.1, 0.15) is 0 Å². The SMILES string of the molecule is CC#CCCCCCC(C#Cc1cccc(C(=O)NOC(=O)CC)c1)OC(C)=O. The van der Waals surface area contributed by atoms with E-state index in [1.807, 2.05) is 6.92 Å². The third-order valence-corrected chi connectivity index (χ3v) is 3.80. The molecule has 0 saturated carbocycles. The summed E-state index contributed by atoms with van der Waals surface area (Å²) < 4.78 is 5.28. The molecule has 0 heterocycles. The van der Waals surface area contributed by atoms with Crippen LogP contribution >= 0.6 is 0 Å². The van der Waals surface area contributed by atoms with Gasteiger partial charge in [-0.2, -0.15) is 5.48 Å². The molecule has 1 atom stereocenters. The Morgan fingerprint density at radius 1 is 1.17 bits per heavy atom. The van der Waals surface area contributed by atoms with Gasteiger partial charge < -0.3 is 9.57 Å². The average molecular weight is 397 g/mol. The molecule has 1 amide bonds. The first kappa shape index (κ1) is 23.8. The van der Waals surface area contributed by atoms with Crippen LogP contribution in [0.3, 0.4) is 0 Å². The normalized spacial score (nSPS) is 10.4. The molecule has 0 bridgehead atoms. The molecule has 154 valence electrons. The first-order valence-electron chi connectivity index (χ1n) is 9.64. The molecule has 6 heteroatoms. The number of ether oxygens (including phenoxy) is 1. The van der Waals surface area contributed by atoms with Crippen molar-refractivity contribution in [2.75, 3.05) is 0 Å². The van der Waals surface area contributed by atoms with E-state index in [9.17, 15) is 14.4 Å². The zero-order chi connectivity index (χ0) is 21.5. The van der Waals surface area contributed by atoms with Crippen molar-refractivity contribution >= 4 is 17.8 Å². The fraction of sp³-hybridized carbons (Fsp3) is 0.435. The monoisotopic (exact) mass is 397 g/mol. The van der Waals surface area contributed by atoms with Crippen LogP contribution in [0.25, 0.3) is 0 Å². The van der Waals surface area contributed by atoms with Crippen molar-refractivity contribution in [2.45, 2.75) is 65.4 Å². The minimum Gasteiger partial charge on any atom is -0.449 e. The highest BCUT2D eigenvalue weighted by Gasteiger charge is 2.10. The second kappa shape index (κ2) is 13.8. The number of benzene rings is 1. The lowest BCUT2D eigenvalue weighted by molar-refractivity contribution is -0.148. The van der Waals surface area contributed by atoms with Gasteiger partial charge in [-0.25, -0.2) is 4.79 Å². The van der Waals surface area contributed by atoms with Crippen molar-refractivity contribution in [1.29, 1.82) is 0 Å². The molecule has 0 aliphatic carbocycles. The van der Waals surface area contributed by atoms with E-state index in [0.29, 0.717) is 17.5 Å². The van der Waals surface area contributed by atoms with E-state index in [2.05, 4.69) is 34.0 Å². The standard InChI is InChI=1S/C23H27NO5/c1-4-6-7-8-9-10-14-21(28-18(3)25)16-15-19-12-11-13-20(17-19)23(27)24-29-22(26)5-2/h11-13,17,21H,5,7-10,14H2,1-3H3,(H,24,27). The number of amides is 1. The van der Waals surface area contributed by atoms with Crippen LogP contribution in [0, 0.1) is 23.7 Å². The Hall–Kier alpha value is -3.25. The Morgan fingerprint density at radius 2 is 1.97 bits per heavy atom. The molecule has 0 radical (unpaired) electrons. The summed E-state index contributed by atoms with van der Waals surface area (Å²) in [7, 11) is 0. The van der Waals surface area contributed by atoms with Crippen molar-refractivity contribution in [3.63, 3.8) is 0 Å². The van der Waals surface area contributed by atoms with Crippen molar-refractivity contribution in [2.24, 2.45) is 0 Å². The maximum absolute atomic E-state index is 12.0. The lowest BCUT2D eigenvalue weighted by atomic mass is 10.1. The number of hydrogen-bond acceptors (Lipinski definition) is 5. The fourth-order valence-electron chi connectivity index (χ4n) is 2.34. The number of esters is 1. The summed E-state index contributed by atoms with van der Waals surface area (Å²) in [5.74, 6) is 10.3. The quantitative estimate of drug-likeness (QED) is 0.314. The Kier molecular flexibility index (Phi) is 11.4. The van der Waals surface area contributed by atoms with Crippen LogP contribution in [-0.2, 0) is 19.2 Å². The molecule has 1 N–H and O–H groups in total. The van der Waals surface area contributed by atoms with Gasteiger partial charge in [0.25, 0.3) is 5.91 Å². The Labute approximate surface area is 172 Å². The number of unbranched alkanes of at least 4 members (excludes halogenated alkanes) is 3. The smallest absolute Gasteiger partial charge is 0.331 e. The molecule has 0 saturated heterocycles. The number of carbonyl (C=O) groups is 3. The first-order chi connectivity index (χ1) is 14.0. The van der Waals surface area contributed by atoms with Crippen LogP contribution in [-0.4, -0.2) is 23.9 Å². The largest absolute Gasteiger partial charge is 0.449 e. The highest BCUT2D eigenvalue weighted by Crippen LogP contribution is 2.09. The molecule has 0 aliphatic rings. The number of hydroxylamine groups is 1. The van der Waals surface area contributed by atoms with E-state index in [0.717, 1.165) is 25.7 Å². The predicted octanol–water partition coefficient (Wildman–Crippen LogP) is 3.54. The molecule has 1 aromatic carbocycles. The van der Waals surface area contributed by atoms with Crippen molar-refractivity contribution in [3.05, 3.63) is 35.4 Å². The Balaban J connectivity index is 2.71. The van der Waals surface area contributed by atoms with Gasteiger partial charge in [-0.1, -0.05) is 31.3 Å². The van der Waals surface area contributed by atoms with Gasteiger partial charge in [-0.05, 0) is 44.4 Å². The lowest BCUT2D eigenvalue weighted by Crippen LogP contribution is -2.26. The van der Waals surface area contributed by atoms with Gasteiger partial charge in [0.2, 0.25) is 0 Å². The van der Waals surface area contributed by atoms with Crippen LogP contribution in [0.5, 0.6) is 0 Å². The minimum absolute atomic E-state index is 0.162. The summed E-state index contributed by atoms with van der Waals surface area (Å²) in [6.45, 7) is 4.81. The van der Waals surface area contributed by atoms with Gasteiger partial charge >= 0.3 is 11.9 Å². The van der Waals surface area contributed by atoms with Gasteiger partial charge in [-0.3, -0.25) is 9.59 Å². The van der Waals surface area contributed by atoms with E-state index < -0.39 is 18.0 Å². The average Bonchev–Trinajstić information content (AvgIpc) is 2.72. The molecule has 0 spiro atoms. The number of rotatable bonds is 8. The van der Waals surface area contributed by atoms with Crippen LogP contribution < -0.4 is 5.48 Å². The number of nitrogens with one attached hydrogen (secondary N) is 1. The predicted molar refractivity (Wildman–Crippen MR) is 109 cm³/mol. The van der Waals surface area contributed by atoms with Gasteiger partial charge in [-0.15, -0.1) is 11.8 Å². The zero-order valence-electron chi connectivity index (χ0n) is 17.2. The highest BCUT2D eigenvalue weighted by atomic mass is 16.7. The van der Waals surface area contributed by atoms with Crippen molar-refractivity contribution in [1.82, 2.24) is 5.48 Å². The first-order valence-corrected chi connectivity index (χ1v) is 9.64. The second-order valence-corrected chi connectivity index (χ2v) is 6.23. The van der Waals surface area contributed by atoms with Crippen molar-refractivity contribution in [3.8, 4) is 23.7 Å². The molecule has 29 heavy (non-hydrogen) atoms. The summed E-state index contributed by atoms with van der Waals surface area (Å²) >= 11 is 0. The second-order valence-electron chi connectivity index (χ2n) is 6.23. The summed E-state index contributed by atoms with van der Waals surface area (Å²) in [6.07, 6.45) is 4.02. The molecular weight excluding hydrogens is 370 g/mol. The zero-order valence-corrected chi connectivity index (χ0v) is 17.2. The summed E-state index contributed by atoms with van der Waals surface area (Å²) in [4.78, 5) is 39.1. The van der Waals surface area contributed by atoms with Crippen LogP contribution in [0.15, 0.2) is 24.3 Å². The molecule has 0 aliphatic heterocycles. The molecular formula is C23H27NO5. The van der Waals surface area contributed by atoms with E-state index in [1.165, 1.54) is 6.92 Å². The van der Waals surface area contributed by atoms with E-state index >= 15 is 0 Å². The third kappa shape index (κ3) is 10.6. The van der Waals surface area contributed by atoms with Crippen LogP contribution in [0.2, 0.25) is 0 Å². The summed E-state index contributed by atoms with van der Waals surface area (Å²) in [6, 6.07) is 6.59. The highest BCUT2D eigenvalue weighted by molar-refractivity contribution is 5.94. The Morgan fingerprint density at radius 3 is 2.66 bits per heavy atom. The van der Waals surface area contributed by atoms with E-state index in [4.69, 9.17) is 4.74 Å². The molecule has 6 nitrogen and oxygen atoms in total. The fourth-order valence-corrected chi connectivity index (χ4v) is 2.34. The number of hydrogen-bond donors (Lipinski definition) is 1. The summed E-state index contributed by atoms with van der Waals surface area (Å²) in [5.41, 5.74) is 3.00. The maximum Gasteiger partial charge on any atom is 0.331 e. The minimum atomic E-state index is -0.540. The van der Waals surface area contributed by atoms with Gasteiger partial charge in [0.15, 0.2) is 6.10 Å². The Bertz CT molecular complexity index is 823. The summed E-state index contributed by atoms with van der Waals surface area (Å²) in [5, 5.41) is 0. The van der Waals surface area contributed by atoms with Crippen LogP contribution in [0.4, 0.5) is 0 Å². The lowest BCUT2D eigenvalue weighted by Gasteiger charge is -2.10. The van der Waals surface area contributed by atoms with E-state index in [1.54, 1.807) is 31.2 Å². The third-order valence-electron chi connectivity index (χ3n) is 3.80. The molecule has 1 unspecified atom stereocenters.